The standard InChI is InChI=1S/C19H23ClN2O4/c1-12-5-4-8-22(11-12)16-7-6-13(20)9-15(16)21-10-14-17(23)25-19(2,3)26-18(14)24/h6-7,9-10,12,21H,4-5,8,11H2,1-3H3. The summed E-state index contributed by atoms with van der Waals surface area (Å²) in [6.45, 7) is 7.16. The van der Waals surface area contributed by atoms with Gasteiger partial charge in [0, 0.05) is 38.2 Å². The fraction of sp³-hybridized carbons (Fsp3) is 0.474. The van der Waals surface area contributed by atoms with Gasteiger partial charge in [-0.3, -0.25) is 0 Å². The molecule has 2 aliphatic rings. The summed E-state index contributed by atoms with van der Waals surface area (Å²) in [6, 6.07) is 5.55. The van der Waals surface area contributed by atoms with Crippen LogP contribution in [0.1, 0.15) is 33.6 Å². The normalized spacial score (nSPS) is 22.5. The highest BCUT2D eigenvalue weighted by Crippen LogP contribution is 2.33. The Hall–Kier alpha value is -2.21. The minimum absolute atomic E-state index is 0.178. The number of nitrogens with zero attached hydrogens (tertiary/aromatic N) is 1. The van der Waals surface area contributed by atoms with Crippen LogP contribution >= 0.6 is 11.6 Å². The number of halogens is 1. The second kappa shape index (κ2) is 7.19. The second-order valence-corrected chi connectivity index (χ2v) is 7.67. The first-order valence-corrected chi connectivity index (χ1v) is 9.11. The number of ether oxygens (including phenoxy) is 2. The third-order valence-electron chi connectivity index (χ3n) is 4.45. The Bertz CT molecular complexity index is 738. The van der Waals surface area contributed by atoms with Crippen LogP contribution in [0.5, 0.6) is 0 Å². The SMILES string of the molecule is CC1CCCN(c2ccc(Cl)cc2NC=C2C(=O)OC(C)(C)OC2=O)C1. The van der Waals surface area contributed by atoms with Crippen molar-refractivity contribution in [2.24, 2.45) is 5.92 Å². The number of hydrogen-bond donors (Lipinski definition) is 1. The maximum Gasteiger partial charge on any atom is 0.350 e. The maximum atomic E-state index is 12.1. The number of hydrogen-bond acceptors (Lipinski definition) is 6. The third kappa shape index (κ3) is 4.12. The number of piperidine rings is 1. The first-order valence-electron chi connectivity index (χ1n) is 8.73. The molecule has 0 bridgehead atoms. The van der Waals surface area contributed by atoms with Crippen LogP contribution in [0.4, 0.5) is 11.4 Å². The Kier molecular flexibility index (Phi) is 5.14. The van der Waals surface area contributed by atoms with E-state index < -0.39 is 17.7 Å². The third-order valence-corrected chi connectivity index (χ3v) is 4.68. The molecule has 1 aromatic carbocycles. The first kappa shape index (κ1) is 18.6. The van der Waals surface area contributed by atoms with Crippen LogP contribution in [0, 0.1) is 5.92 Å². The number of carbonyl (C=O) groups excluding carboxylic acids is 2. The molecule has 0 saturated carbocycles. The smallest absolute Gasteiger partial charge is 0.350 e. The van der Waals surface area contributed by atoms with Crippen molar-refractivity contribution >= 4 is 34.9 Å². The molecule has 1 N–H and O–H groups in total. The number of carbonyl (C=O) groups is 2. The summed E-state index contributed by atoms with van der Waals surface area (Å²) in [5.41, 5.74) is 1.53. The van der Waals surface area contributed by atoms with Crippen molar-refractivity contribution in [2.75, 3.05) is 23.3 Å². The molecule has 2 aliphatic heterocycles. The minimum Gasteiger partial charge on any atom is -0.419 e. The Labute approximate surface area is 158 Å². The molecule has 0 spiro atoms. The lowest BCUT2D eigenvalue weighted by atomic mass is 9.99. The minimum atomic E-state index is -1.25. The van der Waals surface area contributed by atoms with Gasteiger partial charge in [-0.05, 0) is 37.0 Å². The van der Waals surface area contributed by atoms with Gasteiger partial charge < -0.3 is 19.7 Å². The predicted octanol–water partition coefficient (Wildman–Crippen LogP) is 3.71. The molecule has 6 nitrogen and oxygen atoms in total. The molecule has 0 amide bonds. The molecular weight excluding hydrogens is 356 g/mol. The Morgan fingerprint density at radius 2 is 1.96 bits per heavy atom. The molecule has 2 heterocycles. The monoisotopic (exact) mass is 378 g/mol. The molecule has 7 heteroatoms. The van der Waals surface area contributed by atoms with Crippen molar-refractivity contribution in [1.29, 1.82) is 0 Å². The molecule has 1 unspecified atom stereocenters. The van der Waals surface area contributed by atoms with Gasteiger partial charge >= 0.3 is 11.9 Å². The fourth-order valence-electron chi connectivity index (χ4n) is 3.24. The lowest BCUT2D eigenvalue weighted by Gasteiger charge is -2.34. The molecule has 0 aromatic heterocycles. The highest BCUT2D eigenvalue weighted by molar-refractivity contribution is 6.31. The first-order chi connectivity index (χ1) is 12.2. The van der Waals surface area contributed by atoms with Gasteiger partial charge in [-0.1, -0.05) is 18.5 Å². The topological polar surface area (TPSA) is 67.9 Å². The van der Waals surface area contributed by atoms with Crippen molar-refractivity contribution < 1.29 is 19.1 Å². The lowest BCUT2D eigenvalue weighted by molar-refractivity contribution is -0.222. The zero-order chi connectivity index (χ0) is 18.9. The molecule has 0 aliphatic carbocycles. The summed E-state index contributed by atoms with van der Waals surface area (Å²) in [7, 11) is 0. The Balaban J connectivity index is 1.84. The van der Waals surface area contributed by atoms with Gasteiger partial charge in [-0.15, -0.1) is 0 Å². The summed E-state index contributed by atoms with van der Waals surface area (Å²) in [5.74, 6) is -2.07. The van der Waals surface area contributed by atoms with E-state index in [2.05, 4.69) is 17.1 Å². The summed E-state index contributed by atoms with van der Waals surface area (Å²) in [4.78, 5) is 26.4. The van der Waals surface area contributed by atoms with Gasteiger partial charge in [0.15, 0.2) is 5.57 Å². The van der Waals surface area contributed by atoms with E-state index in [1.54, 1.807) is 6.07 Å². The average molecular weight is 379 g/mol. The van der Waals surface area contributed by atoms with Gasteiger partial charge in [0.25, 0.3) is 5.79 Å². The highest BCUT2D eigenvalue weighted by atomic mass is 35.5. The molecule has 2 fully saturated rings. The van der Waals surface area contributed by atoms with E-state index in [9.17, 15) is 9.59 Å². The van der Waals surface area contributed by atoms with E-state index in [0.29, 0.717) is 10.9 Å². The van der Waals surface area contributed by atoms with Gasteiger partial charge in [-0.25, -0.2) is 9.59 Å². The zero-order valence-electron chi connectivity index (χ0n) is 15.2. The van der Waals surface area contributed by atoms with E-state index >= 15 is 0 Å². The number of anilines is 2. The molecule has 140 valence electrons. The number of rotatable bonds is 3. The zero-order valence-corrected chi connectivity index (χ0v) is 15.9. The van der Waals surface area contributed by atoms with E-state index in [0.717, 1.165) is 30.9 Å². The largest absolute Gasteiger partial charge is 0.419 e. The van der Waals surface area contributed by atoms with Gasteiger partial charge in [-0.2, -0.15) is 0 Å². The summed E-state index contributed by atoms with van der Waals surface area (Å²) in [5, 5.41) is 3.60. The van der Waals surface area contributed by atoms with Crippen LogP contribution in [0.2, 0.25) is 5.02 Å². The van der Waals surface area contributed by atoms with Crippen molar-refractivity contribution in [2.45, 2.75) is 39.4 Å². The molecule has 1 aromatic rings. The Morgan fingerprint density at radius 3 is 2.62 bits per heavy atom. The molecular formula is C19H23ClN2O4. The molecule has 2 saturated heterocycles. The van der Waals surface area contributed by atoms with Crippen LogP contribution in [0.25, 0.3) is 0 Å². The fourth-order valence-corrected chi connectivity index (χ4v) is 3.41. The van der Waals surface area contributed by atoms with Gasteiger partial charge in [0.05, 0.1) is 11.4 Å². The molecule has 3 rings (SSSR count). The van der Waals surface area contributed by atoms with Crippen molar-refractivity contribution in [3.05, 3.63) is 35.0 Å². The van der Waals surface area contributed by atoms with Crippen LogP contribution in [0.15, 0.2) is 30.0 Å². The van der Waals surface area contributed by atoms with E-state index in [1.807, 2.05) is 12.1 Å². The lowest BCUT2D eigenvalue weighted by Crippen LogP contribution is -2.42. The quantitative estimate of drug-likeness (QED) is 0.491. The molecule has 0 radical (unpaired) electrons. The number of esters is 2. The van der Waals surface area contributed by atoms with Gasteiger partial charge in [0.2, 0.25) is 0 Å². The number of cyclic esters (lactones) is 2. The van der Waals surface area contributed by atoms with Crippen LogP contribution in [-0.4, -0.2) is 30.8 Å². The van der Waals surface area contributed by atoms with Crippen molar-refractivity contribution in [3.8, 4) is 0 Å². The van der Waals surface area contributed by atoms with E-state index in [-0.39, 0.29) is 5.57 Å². The molecule has 26 heavy (non-hydrogen) atoms. The van der Waals surface area contributed by atoms with E-state index in [1.165, 1.54) is 26.5 Å². The van der Waals surface area contributed by atoms with Crippen molar-refractivity contribution in [3.63, 3.8) is 0 Å². The Morgan fingerprint density at radius 1 is 1.27 bits per heavy atom. The highest BCUT2D eigenvalue weighted by Gasteiger charge is 2.39. The maximum absolute atomic E-state index is 12.1. The van der Waals surface area contributed by atoms with Crippen molar-refractivity contribution in [1.82, 2.24) is 0 Å². The summed E-state index contributed by atoms with van der Waals surface area (Å²) < 4.78 is 10.2. The number of nitrogens with one attached hydrogen (secondary N) is 1. The van der Waals surface area contributed by atoms with Gasteiger partial charge in [0.1, 0.15) is 0 Å². The molecule has 1 atom stereocenters. The van der Waals surface area contributed by atoms with Crippen LogP contribution in [-0.2, 0) is 19.1 Å². The second-order valence-electron chi connectivity index (χ2n) is 7.24. The number of benzene rings is 1. The average Bonchev–Trinajstić information content (AvgIpc) is 2.53. The summed E-state index contributed by atoms with van der Waals surface area (Å²) >= 11 is 6.14. The van der Waals surface area contributed by atoms with Crippen LogP contribution < -0.4 is 10.2 Å². The predicted molar refractivity (Wildman–Crippen MR) is 100 cm³/mol. The van der Waals surface area contributed by atoms with Crippen LogP contribution in [0.3, 0.4) is 0 Å². The summed E-state index contributed by atoms with van der Waals surface area (Å²) in [6.07, 6.45) is 3.66. The van der Waals surface area contributed by atoms with E-state index in [4.69, 9.17) is 21.1 Å².